The van der Waals surface area contributed by atoms with Crippen molar-refractivity contribution in [2.24, 2.45) is 0 Å². The normalized spacial score (nSPS) is 8.04. The maximum Gasteiger partial charge on any atom is -0.0809 e. The molecule has 4 rings (SSSR count). The Labute approximate surface area is 163 Å². The van der Waals surface area contributed by atoms with Gasteiger partial charge in [0.1, 0.15) is 0 Å². The zero-order chi connectivity index (χ0) is 16.2. The second-order valence-corrected chi connectivity index (χ2v) is 4.31. The van der Waals surface area contributed by atoms with E-state index in [-0.39, 0.29) is 14.9 Å². The van der Waals surface area contributed by atoms with Crippen molar-refractivity contribution in [3.8, 4) is 0 Å². The molecule has 0 aromatic heterocycles. The van der Waals surface area contributed by atoms with Gasteiger partial charge in [-0.05, 0) is 0 Å². The Bertz CT molecular complexity index is 647. The Hall–Kier alpha value is -1.28. The summed E-state index contributed by atoms with van der Waals surface area (Å²) in [5.74, 6) is 0. The van der Waals surface area contributed by atoms with Gasteiger partial charge in [-0.3, -0.25) is 0 Å². The fourth-order valence-corrected chi connectivity index (χ4v) is 2.14. The molecule has 0 amide bonds. The molecule has 0 spiro atoms. The molecule has 0 fully saturated rings. The molecule has 1 N–H and O–H groups in total. The van der Waals surface area contributed by atoms with Crippen molar-refractivity contribution in [3.63, 3.8) is 0 Å². The molecule has 3 heteroatoms. The van der Waals surface area contributed by atoms with E-state index in [1.54, 1.807) is 0 Å². The van der Waals surface area contributed by atoms with E-state index in [4.69, 9.17) is 5.11 Å². The summed E-state index contributed by atoms with van der Waals surface area (Å²) in [4.78, 5) is 0. The molecule has 0 saturated heterocycles. The van der Waals surface area contributed by atoms with E-state index in [1.165, 1.54) is 44.9 Å². The van der Waals surface area contributed by atoms with Crippen LogP contribution in [0.1, 0.15) is 0 Å². The average molecular weight is 412 g/mol. The molecule has 24 heavy (non-hydrogen) atoms. The Morgan fingerprint density at radius 3 is 1.33 bits per heavy atom. The molecule has 0 saturated carbocycles. The van der Waals surface area contributed by atoms with E-state index >= 15 is 0 Å². The number of aliphatic hydroxyl groups is 1. The molecule has 126 valence electrons. The summed E-state index contributed by atoms with van der Waals surface area (Å²) >= 11 is 1.36. The second-order valence-electron chi connectivity index (χ2n) is 4.31. The Kier molecular flexibility index (Phi) is 15.9. The zero-order valence-electron chi connectivity index (χ0n) is 14.5. The van der Waals surface area contributed by atoms with E-state index in [0.717, 1.165) is 7.11 Å². The maximum atomic E-state index is 7.00. The molecule has 0 bridgehead atoms. The first-order chi connectivity index (χ1) is 10.9. The molecule has 0 unspecified atom stereocenters. The van der Waals surface area contributed by atoms with Crippen LogP contribution >= 0.6 is 0 Å². The van der Waals surface area contributed by atoms with Gasteiger partial charge in [-0.25, -0.2) is 0 Å². The third-order valence-corrected chi connectivity index (χ3v) is 3.10. The summed E-state index contributed by atoms with van der Waals surface area (Å²) in [5, 5.41) is 12.3. The van der Waals surface area contributed by atoms with Crippen molar-refractivity contribution in [1.29, 1.82) is 0 Å². The van der Waals surface area contributed by atoms with Gasteiger partial charge in [-0.2, -0.15) is 35.0 Å². The van der Waals surface area contributed by atoms with Crippen LogP contribution in [0.25, 0.3) is 21.5 Å². The third-order valence-electron chi connectivity index (χ3n) is 3.10. The minimum atomic E-state index is 0. The minimum absolute atomic E-state index is 0. The quantitative estimate of drug-likeness (QED) is 0.310. The first-order valence-electron chi connectivity index (χ1n) is 6.84. The topological polar surface area (TPSA) is 20.2 Å². The van der Waals surface area contributed by atoms with E-state index in [1.807, 2.05) is 0 Å². The van der Waals surface area contributed by atoms with Crippen LogP contribution in [0.5, 0.6) is 0 Å². The first kappa shape index (κ1) is 25.0. The van der Waals surface area contributed by atoms with Crippen molar-refractivity contribution < 1.29 is 28.4 Å². The second kappa shape index (κ2) is 15.3. The monoisotopic (exact) mass is 410 g/mol. The van der Waals surface area contributed by atoms with Gasteiger partial charge in [-0.15, -0.1) is 59.3 Å². The van der Waals surface area contributed by atoms with Crippen LogP contribution in [0.2, 0.25) is 0 Å². The van der Waals surface area contributed by atoms with Gasteiger partial charge in [0.25, 0.3) is 0 Å². The van der Waals surface area contributed by atoms with Gasteiger partial charge in [0, 0.05) is 7.11 Å². The van der Waals surface area contributed by atoms with Crippen LogP contribution in [-0.4, -0.2) is 19.1 Å². The molecule has 2 radical (unpaired) electrons. The van der Waals surface area contributed by atoms with Crippen molar-refractivity contribution in [2.45, 2.75) is 0 Å². The SMILES string of the molecule is CO.[CH3-].[CH3-].[Si]=[Zr].c1ccc2[cH-]ccc2c1.c1ccc2[cH-]ccc2c1. The van der Waals surface area contributed by atoms with Gasteiger partial charge in [0.05, 0.1) is 0 Å². The molecular weight excluding hydrogens is 388 g/mol. The summed E-state index contributed by atoms with van der Waals surface area (Å²) < 4.78 is 0. The molecular formula is C21H24OSiZr-4. The molecule has 0 atom stereocenters. The average Bonchev–Trinajstić information content (AvgIpc) is 3.28. The Morgan fingerprint density at radius 2 is 1.00 bits per heavy atom. The maximum absolute atomic E-state index is 7.00. The van der Waals surface area contributed by atoms with Crippen LogP contribution in [-0.2, 0) is 23.3 Å². The number of benzene rings is 2. The number of fused-ring (bicyclic) bond motifs is 2. The largest absolute Gasteiger partial charge is 0.168 e. The van der Waals surface area contributed by atoms with Gasteiger partial charge in [-0.1, -0.05) is 12.1 Å². The molecule has 1 nitrogen and oxygen atoms in total. The van der Waals surface area contributed by atoms with E-state index in [2.05, 4.69) is 91.8 Å². The third kappa shape index (κ3) is 7.53. The van der Waals surface area contributed by atoms with Crippen molar-refractivity contribution in [2.75, 3.05) is 7.11 Å². The fourth-order valence-electron chi connectivity index (χ4n) is 2.14. The minimum Gasteiger partial charge on any atom is -0.168 e. The zero-order valence-corrected chi connectivity index (χ0v) is 18.0. The summed E-state index contributed by atoms with van der Waals surface area (Å²) in [6.07, 6.45) is 0. The van der Waals surface area contributed by atoms with Gasteiger partial charge in [0.2, 0.25) is 0 Å². The first-order valence-corrected chi connectivity index (χ1v) is 11.0. The molecule has 0 aliphatic rings. The van der Waals surface area contributed by atoms with Crippen molar-refractivity contribution in [3.05, 3.63) is 99.8 Å². The predicted octanol–water partition coefficient (Wildman–Crippen LogP) is 5.24. The van der Waals surface area contributed by atoms with Gasteiger partial charge < -0.3 is 20.0 Å². The van der Waals surface area contributed by atoms with Crippen LogP contribution in [0, 0.1) is 14.9 Å². The molecule has 0 aliphatic carbocycles. The Morgan fingerprint density at radius 1 is 0.667 bits per heavy atom. The van der Waals surface area contributed by atoms with E-state index < -0.39 is 0 Å². The summed E-state index contributed by atoms with van der Waals surface area (Å²) in [6.45, 7) is 3.06. The van der Waals surface area contributed by atoms with Gasteiger partial charge >= 0.3 is 30.2 Å². The number of hydrogen-bond donors (Lipinski definition) is 1. The number of rotatable bonds is 0. The van der Waals surface area contributed by atoms with E-state index in [9.17, 15) is 0 Å². The van der Waals surface area contributed by atoms with Gasteiger partial charge in [0.15, 0.2) is 0 Å². The number of aliphatic hydroxyl groups excluding tert-OH is 1. The fraction of sp³-hybridized carbons (Fsp3) is 0.0476. The predicted molar refractivity (Wildman–Crippen MR) is 106 cm³/mol. The van der Waals surface area contributed by atoms with Crippen molar-refractivity contribution >= 4 is 28.4 Å². The van der Waals surface area contributed by atoms with Crippen LogP contribution in [0.15, 0.2) is 84.9 Å². The summed E-state index contributed by atoms with van der Waals surface area (Å²) in [6, 6.07) is 29.3. The molecule has 4 aromatic carbocycles. The Balaban J connectivity index is 0. The van der Waals surface area contributed by atoms with Crippen LogP contribution in [0.3, 0.4) is 0 Å². The molecule has 0 aliphatic heterocycles. The van der Waals surface area contributed by atoms with Crippen molar-refractivity contribution in [1.82, 2.24) is 0 Å². The number of hydrogen-bond acceptors (Lipinski definition) is 1. The molecule has 0 heterocycles. The van der Waals surface area contributed by atoms with Crippen LogP contribution < -0.4 is 0 Å². The standard InChI is InChI=1S/2C9H7.CH4O.2CH3.Si.Zr/c2*1-2-5-9-7-3-6-8(9)4-1;1-2;;;;/h2*1-7H;2H,1H3;2*1H3;;/q2*-1;;2*-1;;. The summed E-state index contributed by atoms with van der Waals surface area (Å²) in [5.41, 5.74) is 0. The van der Waals surface area contributed by atoms with Crippen LogP contribution in [0.4, 0.5) is 0 Å². The van der Waals surface area contributed by atoms with E-state index in [0.29, 0.717) is 0 Å². The summed E-state index contributed by atoms with van der Waals surface area (Å²) in [7, 11) is 1.00. The molecule has 4 aromatic rings. The smallest absolute Gasteiger partial charge is 0.0809 e.